The summed E-state index contributed by atoms with van der Waals surface area (Å²) in [7, 11) is 0. The van der Waals surface area contributed by atoms with Crippen LogP contribution < -0.4 is 0 Å². The fourth-order valence-electron chi connectivity index (χ4n) is 1.78. The molecule has 1 heteroatoms. The monoisotopic (exact) mass is 180 g/mol. The molecule has 0 aromatic rings. The van der Waals surface area contributed by atoms with Gasteiger partial charge in [0.05, 0.1) is 0 Å². The van der Waals surface area contributed by atoms with E-state index in [1.807, 2.05) is 0 Å². The standard InChI is InChI=1S/C12H17F/c1-9(2)8-12(13)10(3)11-6-4-5-7-11/h8,11H,1,3-7H2,2H3/b12-8+. The van der Waals surface area contributed by atoms with Crippen LogP contribution in [0.15, 0.2) is 36.2 Å². The summed E-state index contributed by atoms with van der Waals surface area (Å²) < 4.78 is 13.4. The van der Waals surface area contributed by atoms with E-state index in [0.717, 1.165) is 18.4 Å². The molecule has 0 saturated heterocycles. The van der Waals surface area contributed by atoms with Crippen LogP contribution in [0.4, 0.5) is 4.39 Å². The molecule has 0 spiro atoms. The molecule has 72 valence electrons. The topological polar surface area (TPSA) is 0 Å². The smallest absolute Gasteiger partial charge is 0.126 e. The molecule has 0 aromatic carbocycles. The lowest BCUT2D eigenvalue weighted by Crippen LogP contribution is -1.97. The molecule has 0 heterocycles. The molecule has 0 atom stereocenters. The fourth-order valence-corrected chi connectivity index (χ4v) is 1.78. The SMILES string of the molecule is C=C(C)/C=C(/F)C(=C)C1CCCC1. The lowest BCUT2D eigenvalue weighted by atomic mass is 9.97. The molecular weight excluding hydrogens is 163 g/mol. The lowest BCUT2D eigenvalue weighted by Gasteiger charge is -2.10. The van der Waals surface area contributed by atoms with Crippen LogP contribution in [-0.4, -0.2) is 0 Å². The summed E-state index contributed by atoms with van der Waals surface area (Å²) in [6, 6.07) is 0. The Labute approximate surface area is 79.8 Å². The van der Waals surface area contributed by atoms with E-state index in [4.69, 9.17) is 0 Å². The van der Waals surface area contributed by atoms with E-state index in [-0.39, 0.29) is 5.83 Å². The van der Waals surface area contributed by atoms with Gasteiger partial charge in [0, 0.05) is 0 Å². The molecule has 1 fully saturated rings. The Morgan fingerprint density at radius 3 is 2.31 bits per heavy atom. The summed E-state index contributed by atoms with van der Waals surface area (Å²) in [4.78, 5) is 0. The van der Waals surface area contributed by atoms with Gasteiger partial charge in [-0.25, -0.2) is 4.39 Å². The van der Waals surface area contributed by atoms with Gasteiger partial charge in [-0.05, 0) is 37.3 Å². The first kappa shape index (κ1) is 10.2. The molecule has 1 aliphatic rings. The summed E-state index contributed by atoms with van der Waals surface area (Å²) >= 11 is 0. The molecule has 0 N–H and O–H groups in total. The highest BCUT2D eigenvalue weighted by Crippen LogP contribution is 2.34. The van der Waals surface area contributed by atoms with Crippen LogP contribution in [-0.2, 0) is 0 Å². The molecule has 0 bridgehead atoms. The average Bonchev–Trinajstić information content (AvgIpc) is 2.53. The first-order valence-electron chi connectivity index (χ1n) is 4.83. The summed E-state index contributed by atoms with van der Waals surface area (Å²) in [5, 5.41) is 0. The van der Waals surface area contributed by atoms with Crippen molar-refractivity contribution in [3.63, 3.8) is 0 Å². The van der Waals surface area contributed by atoms with Gasteiger partial charge in [-0.1, -0.05) is 31.6 Å². The Bertz CT molecular complexity index is 242. The maximum atomic E-state index is 13.4. The predicted octanol–water partition coefficient (Wildman–Crippen LogP) is 4.16. The summed E-state index contributed by atoms with van der Waals surface area (Å²) in [5.41, 5.74) is 1.41. The van der Waals surface area contributed by atoms with Crippen molar-refractivity contribution in [3.8, 4) is 0 Å². The van der Waals surface area contributed by atoms with E-state index in [0.29, 0.717) is 11.5 Å². The molecule has 1 aliphatic carbocycles. The first-order chi connectivity index (χ1) is 6.11. The predicted molar refractivity (Wildman–Crippen MR) is 55.1 cm³/mol. The Hall–Kier alpha value is -0.850. The molecule has 0 nitrogen and oxygen atoms in total. The van der Waals surface area contributed by atoms with Gasteiger partial charge >= 0.3 is 0 Å². The van der Waals surface area contributed by atoms with Crippen LogP contribution in [0.5, 0.6) is 0 Å². The van der Waals surface area contributed by atoms with Crippen LogP contribution in [0.1, 0.15) is 32.6 Å². The zero-order valence-electron chi connectivity index (χ0n) is 8.28. The van der Waals surface area contributed by atoms with Crippen molar-refractivity contribution in [1.29, 1.82) is 0 Å². The minimum Gasteiger partial charge on any atom is -0.207 e. The van der Waals surface area contributed by atoms with Crippen molar-refractivity contribution in [2.45, 2.75) is 32.6 Å². The van der Waals surface area contributed by atoms with Crippen LogP contribution >= 0.6 is 0 Å². The normalized spacial score (nSPS) is 19.1. The molecule has 1 rings (SSSR count). The van der Waals surface area contributed by atoms with Gasteiger partial charge in [-0.3, -0.25) is 0 Å². The molecule has 13 heavy (non-hydrogen) atoms. The third-order valence-electron chi connectivity index (χ3n) is 2.53. The third-order valence-corrected chi connectivity index (χ3v) is 2.53. The molecule has 0 aromatic heterocycles. The summed E-state index contributed by atoms with van der Waals surface area (Å²) in [6.45, 7) is 9.25. The van der Waals surface area contributed by atoms with Crippen molar-refractivity contribution in [2.24, 2.45) is 5.92 Å². The quantitative estimate of drug-likeness (QED) is 0.572. The maximum absolute atomic E-state index is 13.4. The number of rotatable bonds is 3. The Morgan fingerprint density at radius 2 is 1.85 bits per heavy atom. The zero-order chi connectivity index (χ0) is 9.84. The van der Waals surface area contributed by atoms with Crippen LogP contribution in [0.25, 0.3) is 0 Å². The molecule has 0 unspecified atom stereocenters. The van der Waals surface area contributed by atoms with Crippen molar-refractivity contribution < 1.29 is 4.39 Å². The van der Waals surface area contributed by atoms with Crippen LogP contribution in [0.2, 0.25) is 0 Å². The van der Waals surface area contributed by atoms with Gasteiger partial charge < -0.3 is 0 Å². The number of hydrogen-bond acceptors (Lipinski definition) is 0. The summed E-state index contributed by atoms with van der Waals surface area (Å²) in [5.74, 6) is 0.190. The maximum Gasteiger partial charge on any atom is 0.126 e. The lowest BCUT2D eigenvalue weighted by molar-refractivity contribution is 0.570. The highest BCUT2D eigenvalue weighted by molar-refractivity contribution is 5.30. The number of allylic oxidation sites excluding steroid dienone is 4. The molecule has 1 saturated carbocycles. The van der Waals surface area contributed by atoms with E-state index in [9.17, 15) is 4.39 Å². The minimum absolute atomic E-state index is 0.181. The molecule has 0 aliphatic heterocycles. The largest absolute Gasteiger partial charge is 0.207 e. The summed E-state index contributed by atoms with van der Waals surface area (Å²) in [6.07, 6.45) is 6.08. The van der Waals surface area contributed by atoms with Crippen LogP contribution in [0, 0.1) is 5.92 Å². The Balaban J connectivity index is 2.60. The van der Waals surface area contributed by atoms with Gasteiger partial charge in [0.1, 0.15) is 5.83 Å². The molecule has 0 radical (unpaired) electrons. The van der Waals surface area contributed by atoms with Gasteiger partial charge in [-0.2, -0.15) is 0 Å². The highest BCUT2D eigenvalue weighted by atomic mass is 19.1. The second-order valence-electron chi connectivity index (χ2n) is 3.85. The van der Waals surface area contributed by atoms with Crippen molar-refractivity contribution in [2.75, 3.05) is 0 Å². The second kappa shape index (κ2) is 4.40. The van der Waals surface area contributed by atoms with E-state index in [1.54, 1.807) is 6.92 Å². The highest BCUT2D eigenvalue weighted by Gasteiger charge is 2.20. The Morgan fingerprint density at radius 1 is 1.31 bits per heavy atom. The van der Waals surface area contributed by atoms with Crippen molar-refractivity contribution >= 4 is 0 Å². The average molecular weight is 180 g/mol. The number of hydrogen-bond donors (Lipinski definition) is 0. The van der Waals surface area contributed by atoms with Crippen LogP contribution in [0.3, 0.4) is 0 Å². The van der Waals surface area contributed by atoms with Gasteiger partial charge in [-0.15, -0.1) is 0 Å². The van der Waals surface area contributed by atoms with Crippen molar-refractivity contribution in [1.82, 2.24) is 0 Å². The first-order valence-corrected chi connectivity index (χ1v) is 4.83. The minimum atomic E-state index is -0.181. The Kier molecular flexibility index (Phi) is 3.47. The molecule has 0 amide bonds. The fraction of sp³-hybridized carbons (Fsp3) is 0.500. The number of halogens is 1. The van der Waals surface area contributed by atoms with Gasteiger partial charge in [0.15, 0.2) is 0 Å². The van der Waals surface area contributed by atoms with E-state index in [2.05, 4.69) is 13.2 Å². The van der Waals surface area contributed by atoms with E-state index < -0.39 is 0 Å². The van der Waals surface area contributed by atoms with Gasteiger partial charge in [0.2, 0.25) is 0 Å². The third kappa shape index (κ3) is 2.83. The zero-order valence-corrected chi connectivity index (χ0v) is 8.28. The molecular formula is C12H17F. The second-order valence-corrected chi connectivity index (χ2v) is 3.85. The van der Waals surface area contributed by atoms with Crippen molar-refractivity contribution in [3.05, 3.63) is 36.2 Å². The van der Waals surface area contributed by atoms with Gasteiger partial charge in [0.25, 0.3) is 0 Å². The van der Waals surface area contributed by atoms with E-state index in [1.165, 1.54) is 18.9 Å². The van der Waals surface area contributed by atoms with E-state index >= 15 is 0 Å².